The van der Waals surface area contributed by atoms with E-state index in [0.29, 0.717) is 24.6 Å². The molecular weight excluding hydrogens is 434 g/mol. The highest BCUT2D eigenvalue weighted by Gasteiger charge is 2.11. The van der Waals surface area contributed by atoms with Crippen LogP contribution in [0.5, 0.6) is 0 Å². The van der Waals surface area contributed by atoms with Crippen molar-refractivity contribution in [3.63, 3.8) is 0 Å². The maximum absolute atomic E-state index is 12.6. The summed E-state index contributed by atoms with van der Waals surface area (Å²) in [6.07, 6.45) is 5.42. The van der Waals surface area contributed by atoms with E-state index in [1.54, 1.807) is 23.1 Å². The molecular formula is C20H20BrN7O. The zero-order valence-electron chi connectivity index (χ0n) is 16.1. The van der Waals surface area contributed by atoms with Crippen LogP contribution >= 0.6 is 15.9 Å². The molecule has 3 heterocycles. The molecule has 9 heteroatoms. The predicted molar refractivity (Wildman–Crippen MR) is 113 cm³/mol. The first-order chi connectivity index (χ1) is 14.0. The highest BCUT2D eigenvalue weighted by atomic mass is 79.9. The Labute approximate surface area is 176 Å². The fourth-order valence-electron chi connectivity index (χ4n) is 3.07. The Morgan fingerprint density at radius 1 is 1.14 bits per heavy atom. The molecule has 8 nitrogen and oxygen atoms in total. The van der Waals surface area contributed by atoms with Crippen LogP contribution in [0.25, 0.3) is 0 Å². The topological polar surface area (TPSA) is 82.6 Å². The molecule has 0 aliphatic heterocycles. The second-order valence-electron chi connectivity index (χ2n) is 6.82. The van der Waals surface area contributed by atoms with Crippen molar-refractivity contribution in [1.29, 1.82) is 0 Å². The smallest absolute Gasteiger partial charge is 0.276 e. The number of nitrogens with zero attached hydrogens (tertiary/aromatic N) is 6. The lowest BCUT2D eigenvalue weighted by Gasteiger charge is -2.07. The SMILES string of the molecule is Cc1cc(C)n(Cn2ccc(C(=O)Nc3cccc(Cn4cc(Br)cn4)c3)n2)n1. The summed E-state index contributed by atoms with van der Waals surface area (Å²) in [4.78, 5) is 12.6. The highest BCUT2D eigenvalue weighted by molar-refractivity contribution is 9.10. The minimum Gasteiger partial charge on any atom is -0.321 e. The molecule has 0 atom stereocenters. The van der Waals surface area contributed by atoms with Crippen molar-refractivity contribution in [2.45, 2.75) is 27.1 Å². The van der Waals surface area contributed by atoms with Gasteiger partial charge in [0.25, 0.3) is 5.91 Å². The monoisotopic (exact) mass is 453 g/mol. The van der Waals surface area contributed by atoms with E-state index in [0.717, 1.165) is 21.4 Å². The molecule has 3 aromatic heterocycles. The summed E-state index contributed by atoms with van der Waals surface area (Å²) in [5.41, 5.74) is 4.10. The summed E-state index contributed by atoms with van der Waals surface area (Å²) in [5.74, 6) is -0.254. The molecule has 0 saturated heterocycles. The molecule has 4 rings (SSSR count). The number of hydrogen-bond acceptors (Lipinski definition) is 4. The molecule has 148 valence electrons. The van der Waals surface area contributed by atoms with Gasteiger partial charge >= 0.3 is 0 Å². The third kappa shape index (κ3) is 4.62. The molecule has 0 bridgehead atoms. The Morgan fingerprint density at radius 3 is 2.72 bits per heavy atom. The van der Waals surface area contributed by atoms with Crippen molar-refractivity contribution in [2.24, 2.45) is 0 Å². The van der Waals surface area contributed by atoms with Crippen molar-refractivity contribution >= 4 is 27.5 Å². The van der Waals surface area contributed by atoms with Crippen LogP contribution in [0.15, 0.2) is 59.5 Å². The van der Waals surface area contributed by atoms with Crippen LogP contribution in [-0.2, 0) is 13.2 Å². The molecule has 0 aliphatic carbocycles. The van der Waals surface area contributed by atoms with Gasteiger partial charge in [0, 0.05) is 23.8 Å². The quantitative estimate of drug-likeness (QED) is 0.484. The van der Waals surface area contributed by atoms with Gasteiger partial charge in [-0.2, -0.15) is 15.3 Å². The lowest BCUT2D eigenvalue weighted by atomic mass is 10.2. The van der Waals surface area contributed by atoms with E-state index in [2.05, 4.69) is 36.5 Å². The number of rotatable bonds is 6. The number of halogens is 1. The Hall–Kier alpha value is -3.20. The zero-order valence-corrected chi connectivity index (χ0v) is 17.7. The van der Waals surface area contributed by atoms with Crippen LogP contribution in [-0.4, -0.2) is 35.2 Å². The molecule has 0 fully saturated rings. The number of anilines is 1. The molecule has 1 amide bonds. The second-order valence-corrected chi connectivity index (χ2v) is 7.73. The molecule has 0 spiro atoms. The van der Waals surface area contributed by atoms with Gasteiger partial charge in [0.15, 0.2) is 5.69 Å². The molecule has 0 unspecified atom stereocenters. The number of nitrogens with one attached hydrogen (secondary N) is 1. The van der Waals surface area contributed by atoms with Crippen LogP contribution in [0.2, 0.25) is 0 Å². The molecule has 4 aromatic rings. The van der Waals surface area contributed by atoms with Gasteiger partial charge in [-0.15, -0.1) is 0 Å². The molecule has 29 heavy (non-hydrogen) atoms. The molecule has 0 aliphatic rings. The fraction of sp³-hybridized carbons (Fsp3) is 0.200. The summed E-state index contributed by atoms with van der Waals surface area (Å²) in [5, 5.41) is 16.0. The van der Waals surface area contributed by atoms with Crippen molar-refractivity contribution in [3.8, 4) is 0 Å². The molecule has 0 radical (unpaired) electrons. The number of amides is 1. The molecule has 0 saturated carbocycles. The van der Waals surface area contributed by atoms with Crippen LogP contribution in [0.3, 0.4) is 0 Å². The van der Waals surface area contributed by atoms with Gasteiger partial charge in [0.05, 0.1) is 22.9 Å². The summed E-state index contributed by atoms with van der Waals surface area (Å²) in [7, 11) is 0. The first kappa shape index (κ1) is 19.1. The summed E-state index contributed by atoms with van der Waals surface area (Å²) in [6, 6.07) is 11.4. The highest BCUT2D eigenvalue weighted by Crippen LogP contribution is 2.14. The number of aromatic nitrogens is 6. The number of benzene rings is 1. The maximum atomic E-state index is 12.6. The Balaban J connectivity index is 1.42. The van der Waals surface area contributed by atoms with E-state index < -0.39 is 0 Å². The van der Waals surface area contributed by atoms with Gasteiger partial charge in [-0.25, -0.2) is 4.68 Å². The number of aryl methyl sites for hydroxylation is 2. The standard InChI is InChI=1S/C20H20BrN7O/c1-14-8-15(2)28(24-14)13-26-7-6-19(25-26)20(29)23-18-5-3-4-16(9-18)11-27-12-17(21)10-22-27/h3-10,12H,11,13H2,1-2H3,(H,23,29). The van der Waals surface area contributed by atoms with Crippen molar-refractivity contribution in [1.82, 2.24) is 29.3 Å². The van der Waals surface area contributed by atoms with Crippen molar-refractivity contribution in [3.05, 3.63) is 82.1 Å². The van der Waals surface area contributed by atoms with Gasteiger partial charge in [-0.1, -0.05) is 12.1 Å². The van der Waals surface area contributed by atoms with Gasteiger partial charge in [0.2, 0.25) is 0 Å². The largest absolute Gasteiger partial charge is 0.321 e. The Morgan fingerprint density at radius 2 is 2.00 bits per heavy atom. The lowest BCUT2D eigenvalue weighted by Crippen LogP contribution is -2.15. The van der Waals surface area contributed by atoms with E-state index >= 15 is 0 Å². The van der Waals surface area contributed by atoms with Gasteiger partial charge in [0.1, 0.15) is 6.67 Å². The van der Waals surface area contributed by atoms with Gasteiger partial charge in [-0.3, -0.25) is 14.2 Å². The third-order valence-electron chi connectivity index (χ3n) is 4.39. The van der Waals surface area contributed by atoms with Crippen molar-refractivity contribution < 1.29 is 4.79 Å². The summed E-state index contributed by atoms with van der Waals surface area (Å²) < 4.78 is 6.30. The number of carbonyl (C=O) groups excluding carboxylic acids is 1. The lowest BCUT2D eigenvalue weighted by molar-refractivity contribution is 0.102. The second kappa shape index (κ2) is 8.04. The van der Waals surface area contributed by atoms with Crippen LogP contribution < -0.4 is 5.32 Å². The van der Waals surface area contributed by atoms with Crippen molar-refractivity contribution in [2.75, 3.05) is 5.32 Å². The maximum Gasteiger partial charge on any atom is 0.276 e. The van der Waals surface area contributed by atoms with Gasteiger partial charge < -0.3 is 5.32 Å². The van der Waals surface area contributed by atoms with Crippen LogP contribution in [0.1, 0.15) is 27.4 Å². The summed E-state index contributed by atoms with van der Waals surface area (Å²) >= 11 is 3.39. The Bertz CT molecular complexity index is 1160. The minimum atomic E-state index is -0.254. The molecule has 1 N–H and O–H groups in total. The van der Waals surface area contributed by atoms with Crippen LogP contribution in [0.4, 0.5) is 5.69 Å². The first-order valence-electron chi connectivity index (χ1n) is 9.09. The van der Waals surface area contributed by atoms with E-state index in [1.165, 1.54) is 0 Å². The Kier molecular flexibility index (Phi) is 5.30. The van der Waals surface area contributed by atoms with E-state index in [4.69, 9.17) is 0 Å². The van der Waals surface area contributed by atoms with Gasteiger partial charge in [-0.05, 0) is 59.6 Å². The average molecular weight is 454 g/mol. The zero-order chi connectivity index (χ0) is 20.4. The predicted octanol–water partition coefficient (Wildman–Crippen LogP) is 3.46. The first-order valence-corrected chi connectivity index (χ1v) is 9.88. The number of hydrogen-bond donors (Lipinski definition) is 1. The van der Waals surface area contributed by atoms with E-state index in [1.807, 2.05) is 59.7 Å². The normalized spacial score (nSPS) is 11.0. The summed E-state index contributed by atoms with van der Waals surface area (Å²) in [6.45, 7) is 5.02. The average Bonchev–Trinajstić information content (AvgIpc) is 3.37. The van der Waals surface area contributed by atoms with Crippen LogP contribution in [0, 0.1) is 13.8 Å². The fourth-order valence-corrected chi connectivity index (χ4v) is 3.40. The van der Waals surface area contributed by atoms with E-state index in [-0.39, 0.29) is 5.91 Å². The number of carbonyl (C=O) groups is 1. The third-order valence-corrected chi connectivity index (χ3v) is 4.80. The minimum absolute atomic E-state index is 0.254. The molecule has 1 aromatic carbocycles. The van der Waals surface area contributed by atoms with E-state index in [9.17, 15) is 4.79 Å².